The lowest BCUT2D eigenvalue weighted by Gasteiger charge is -2.43. The van der Waals surface area contributed by atoms with Crippen LogP contribution in [-0.2, 0) is 4.79 Å². The Morgan fingerprint density at radius 1 is 1.38 bits per heavy atom. The topological polar surface area (TPSA) is 17.1 Å². The van der Waals surface area contributed by atoms with Gasteiger partial charge in [0.05, 0.1) is 5.92 Å². The maximum Gasteiger partial charge on any atom is 0.395 e. The first-order chi connectivity index (χ1) is 7.33. The lowest BCUT2D eigenvalue weighted by Crippen LogP contribution is -2.39. The molecule has 0 aliphatic heterocycles. The number of hydrogen-bond acceptors (Lipinski definition) is 1. The molecule has 0 heterocycles. The fraction of sp³-hybridized carbons (Fsp3) is 0.750. The number of alkyl halides is 3. The minimum Gasteiger partial charge on any atom is -0.295 e. The van der Waals surface area contributed by atoms with Gasteiger partial charge in [0.25, 0.3) is 0 Å². The third-order valence-corrected chi connectivity index (χ3v) is 3.93. The molecule has 0 aromatic rings. The molecule has 1 fully saturated rings. The van der Waals surface area contributed by atoms with Gasteiger partial charge in [0.1, 0.15) is 0 Å². The molecule has 0 radical (unpaired) electrons. The van der Waals surface area contributed by atoms with Crippen molar-refractivity contribution in [1.82, 2.24) is 0 Å². The zero-order chi connectivity index (χ0) is 12.0. The van der Waals surface area contributed by atoms with Crippen LogP contribution in [0.25, 0.3) is 0 Å². The summed E-state index contributed by atoms with van der Waals surface area (Å²) < 4.78 is 38.6. The largest absolute Gasteiger partial charge is 0.395 e. The van der Waals surface area contributed by atoms with Gasteiger partial charge in [0, 0.05) is 6.42 Å². The van der Waals surface area contributed by atoms with E-state index in [1.54, 1.807) is 0 Å². The highest BCUT2D eigenvalue weighted by Crippen LogP contribution is 2.53. The summed E-state index contributed by atoms with van der Waals surface area (Å²) in [6, 6.07) is 0. The van der Waals surface area contributed by atoms with Crippen LogP contribution >= 0.6 is 0 Å². The molecule has 90 valence electrons. The van der Waals surface area contributed by atoms with Gasteiger partial charge < -0.3 is 0 Å². The maximum atomic E-state index is 12.9. The number of fused-ring (bicyclic) bond motifs is 1. The highest BCUT2D eigenvalue weighted by Gasteiger charge is 2.50. The van der Waals surface area contributed by atoms with Crippen LogP contribution in [0.3, 0.4) is 0 Å². The van der Waals surface area contributed by atoms with Crippen LogP contribution in [0.2, 0.25) is 0 Å². The third kappa shape index (κ3) is 1.89. The predicted octanol–water partition coefficient (Wildman–Crippen LogP) is 3.64. The van der Waals surface area contributed by atoms with E-state index in [0.29, 0.717) is 24.8 Å². The molecule has 0 saturated heterocycles. The van der Waals surface area contributed by atoms with Crippen molar-refractivity contribution in [1.29, 1.82) is 0 Å². The monoisotopic (exact) mass is 232 g/mol. The first-order valence-electron chi connectivity index (χ1n) is 5.64. The SMILES string of the molecule is C[C@@]12CCC[C@@H](C(F)(F)F)C1=CC(=O)CC2. The Kier molecular flexibility index (Phi) is 2.63. The molecule has 0 aromatic heterocycles. The van der Waals surface area contributed by atoms with Crippen LogP contribution in [0.1, 0.15) is 39.0 Å². The van der Waals surface area contributed by atoms with Crippen molar-refractivity contribution in [3.63, 3.8) is 0 Å². The molecule has 0 spiro atoms. The van der Waals surface area contributed by atoms with Crippen molar-refractivity contribution >= 4 is 5.78 Å². The summed E-state index contributed by atoms with van der Waals surface area (Å²) in [4.78, 5) is 11.3. The minimum atomic E-state index is -4.20. The molecule has 2 atom stereocenters. The molecule has 16 heavy (non-hydrogen) atoms. The number of allylic oxidation sites excluding steroid dienone is 2. The normalized spacial score (nSPS) is 35.6. The average Bonchev–Trinajstić information content (AvgIpc) is 2.16. The Hall–Kier alpha value is -0.800. The molecule has 2 aliphatic carbocycles. The maximum absolute atomic E-state index is 12.9. The van der Waals surface area contributed by atoms with E-state index in [4.69, 9.17) is 0 Å². The molecule has 2 rings (SSSR count). The Labute approximate surface area is 92.7 Å². The van der Waals surface area contributed by atoms with Crippen molar-refractivity contribution < 1.29 is 18.0 Å². The van der Waals surface area contributed by atoms with Crippen LogP contribution in [0.15, 0.2) is 11.6 Å². The second-order valence-electron chi connectivity index (χ2n) is 5.11. The van der Waals surface area contributed by atoms with Crippen LogP contribution < -0.4 is 0 Å². The number of hydrogen-bond donors (Lipinski definition) is 0. The Bertz CT molecular complexity index is 343. The van der Waals surface area contributed by atoms with E-state index < -0.39 is 17.5 Å². The highest BCUT2D eigenvalue weighted by molar-refractivity contribution is 5.91. The molecule has 1 saturated carbocycles. The van der Waals surface area contributed by atoms with E-state index in [9.17, 15) is 18.0 Å². The zero-order valence-electron chi connectivity index (χ0n) is 9.23. The number of ketones is 1. The summed E-state index contributed by atoms with van der Waals surface area (Å²) in [5.74, 6) is -1.54. The van der Waals surface area contributed by atoms with Crippen molar-refractivity contribution in [3.05, 3.63) is 11.6 Å². The standard InChI is InChI=1S/C12H15F3O/c1-11-5-2-3-9(12(13,14)15)10(11)7-8(16)4-6-11/h7,9H,2-6H2,1H3/t9-,11+/m1/s1. The molecule has 0 amide bonds. The molecule has 0 N–H and O–H groups in total. The predicted molar refractivity (Wildman–Crippen MR) is 53.8 cm³/mol. The van der Waals surface area contributed by atoms with E-state index in [1.165, 1.54) is 6.08 Å². The van der Waals surface area contributed by atoms with Crippen molar-refractivity contribution in [2.75, 3.05) is 0 Å². The summed E-state index contributed by atoms with van der Waals surface area (Å²) in [5, 5.41) is 0. The fourth-order valence-electron chi connectivity index (χ4n) is 2.95. The lowest BCUT2D eigenvalue weighted by molar-refractivity contribution is -0.174. The van der Waals surface area contributed by atoms with Crippen LogP contribution in [-0.4, -0.2) is 12.0 Å². The van der Waals surface area contributed by atoms with Gasteiger partial charge in [-0.15, -0.1) is 0 Å². The van der Waals surface area contributed by atoms with E-state index in [-0.39, 0.29) is 12.2 Å². The van der Waals surface area contributed by atoms with Crippen molar-refractivity contribution in [2.24, 2.45) is 11.3 Å². The zero-order valence-corrected chi connectivity index (χ0v) is 9.23. The van der Waals surface area contributed by atoms with Crippen LogP contribution in [0.4, 0.5) is 13.2 Å². The van der Waals surface area contributed by atoms with Crippen LogP contribution in [0, 0.1) is 11.3 Å². The van der Waals surface area contributed by atoms with Gasteiger partial charge in [-0.05, 0) is 36.3 Å². The summed E-state index contributed by atoms with van der Waals surface area (Å²) in [6.45, 7) is 1.86. The van der Waals surface area contributed by atoms with Crippen molar-refractivity contribution in [3.8, 4) is 0 Å². The van der Waals surface area contributed by atoms with Crippen LogP contribution in [0.5, 0.6) is 0 Å². The number of rotatable bonds is 0. The van der Waals surface area contributed by atoms with E-state index in [0.717, 1.165) is 6.42 Å². The summed E-state index contributed by atoms with van der Waals surface area (Å²) in [6.07, 6.45) is -0.454. The van der Waals surface area contributed by atoms with Crippen molar-refractivity contribution in [2.45, 2.75) is 45.2 Å². The van der Waals surface area contributed by atoms with Gasteiger partial charge in [0.15, 0.2) is 5.78 Å². The second kappa shape index (κ2) is 3.60. The molecule has 0 unspecified atom stereocenters. The van der Waals surface area contributed by atoms with E-state index in [2.05, 4.69) is 0 Å². The summed E-state index contributed by atoms with van der Waals surface area (Å²) in [7, 11) is 0. The summed E-state index contributed by atoms with van der Waals surface area (Å²) >= 11 is 0. The number of halogens is 3. The van der Waals surface area contributed by atoms with Gasteiger partial charge in [-0.25, -0.2) is 0 Å². The first-order valence-corrected chi connectivity index (χ1v) is 5.64. The fourth-order valence-corrected chi connectivity index (χ4v) is 2.95. The minimum absolute atomic E-state index is 0.137. The Morgan fingerprint density at radius 3 is 2.69 bits per heavy atom. The quantitative estimate of drug-likeness (QED) is 0.623. The average molecular weight is 232 g/mol. The molecule has 2 aliphatic rings. The Balaban J connectivity index is 2.39. The number of carbonyl (C=O) groups excluding carboxylic acids is 1. The molecular formula is C12H15F3O. The highest BCUT2D eigenvalue weighted by atomic mass is 19.4. The van der Waals surface area contributed by atoms with Gasteiger partial charge in [-0.1, -0.05) is 13.3 Å². The molecule has 1 nitrogen and oxygen atoms in total. The number of carbonyl (C=O) groups is 1. The van der Waals surface area contributed by atoms with E-state index >= 15 is 0 Å². The molecule has 0 aromatic carbocycles. The van der Waals surface area contributed by atoms with Gasteiger partial charge in [-0.2, -0.15) is 13.2 Å². The molecule has 4 heteroatoms. The summed E-state index contributed by atoms with van der Waals surface area (Å²) in [5.41, 5.74) is -0.0608. The third-order valence-electron chi connectivity index (χ3n) is 3.93. The molecular weight excluding hydrogens is 217 g/mol. The van der Waals surface area contributed by atoms with Gasteiger partial charge in [0.2, 0.25) is 0 Å². The first kappa shape index (κ1) is 11.7. The lowest BCUT2D eigenvalue weighted by atomic mass is 9.62. The molecule has 0 bridgehead atoms. The van der Waals surface area contributed by atoms with E-state index in [1.807, 2.05) is 6.92 Å². The smallest absolute Gasteiger partial charge is 0.295 e. The Morgan fingerprint density at radius 2 is 2.06 bits per heavy atom. The second-order valence-corrected chi connectivity index (χ2v) is 5.11. The van der Waals surface area contributed by atoms with Gasteiger partial charge >= 0.3 is 6.18 Å². The van der Waals surface area contributed by atoms with Gasteiger partial charge in [-0.3, -0.25) is 4.79 Å².